The zero-order valence-corrected chi connectivity index (χ0v) is 24.7. The summed E-state index contributed by atoms with van der Waals surface area (Å²) in [5, 5.41) is -1.19. The van der Waals surface area contributed by atoms with Crippen molar-refractivity contribution in [1.82, 2.24) is 20.2 Å². The van der Waals surface area contributed by atoms with E-state index in [1.807, 2.05) is 85.4 Å². The Kier molecular flexibility index (Phi) is 7.58. The summed E-state index contributed by atoms with van der Waals surface area (Å²) in [5.41, 5.74) is -0.554. The number of alkyl halides is 1. The molecule has 1 aromatic heterocycles. The van der Waals surface area contributed by atoms with Crippen LogP contribution in [0.1, 0.15) is 28.2 Å². The van der Waals surface area contributed by atoms with Gasteiger partial charge < -0.3 is 10.2 Å². The van der Waals surface area contributed by atoms with Crippen LogP contribution in [-0.2, 0) is 5.34 Å². The second-order valence-electron chi connectivity index (χ2n) is 13.2. The Morgan fingerprint density at radius 2 is 1.62 bits per heavy atom. The Morgan fingerprint density at radius 3 is 2.14 bits per heavy atom. The molecule has 1 amide bonds. The Morgan fingerprint density at radius 1 is 1.08 bits per heavy atom. The maximum Gasteiger partial charge on any atom is 0.252 e. The van der Waals surface area contributed by atoms with Crippen molar-refractivity contribution in [2.24, 2.45) is 0 Å². The van der Waals surface area contributed by atoms with Gasteiger partial charge in [-0.3, -0.25) is 4.79 Å². The molecule has 3 rings (SSSR count). The first-order valence-electron chi connectivity index (χ1n) is 12.7. The molecule has 1 N–H and O–H groups in total. The molecule has 37 heavy (non-hydrogen) atoms. The molecule has 1 aliphatic heterocycles. The highest BCUT2D eigenvalue weighted by Gasteiger charge is 2.68. The van der Waals surface area contributed by atoms with Crippen molar-refractivity contribution in [2.75, 3.05) is 0 Å². The summed E-state index contributed by atoms with van der Waals surface area (Å²) < 4.78 is 31.7. The zero-order valence-electron chi connectivity index (χ0n) is 24.0. The first kappa shape index (κ1) is 30.1. The van der Waals surface area contributed by atoms with Crippen LogP contribution in [0.25, 0.3) is 0 Å². The molecule has 0 spiro atoms. The predicted molar refractivity (Wildman–Crippen MR) is 174 cm³/mol. The van der Waals surface area contributed by atoms with Gasteiger partial charge in [-0.25, -0.2) is 18.7 Å². The largest absolute Gasteiger partial charge is 0.360 e. The average molecular weight is 513 g/mol. The molecule has 1 fully saturated rings. The molecule has 2 heterocycles. The van der Waals surface area contributed by atoms with Crippen LogP contribution in [0.3, 0.4) is 0 Å². The number of aryl methyl sites for hydroxylation is 1. The van der Waals surface area contributed by atoms with Gasteiger partial charge in [0.1, 0.15) is 95.8 Å². The topological polar surface area (TPSA) is 58.1 Å². The van der Waals surface area contributed by atoms with Crippen LogP contribution in [-0.4, -0.2) is 121 Å². The van der Waals surface area contributed by atoms with E-state index in [4.69, 9.17) is 11.6 Å². The van der Waals surface area contributed by atoms with Gasteiger partial charge in [-0.1, -0.05) is 11.6 Å². The normalized spacial score (nSPS) is 22.9. The number of amides is 1. The van der Waals surface area contributed by atoms with Crippen LogP contribution in [0.2, 0.25) is 10.2 Å². The number of hydrogen-bond acceptors (Lipinski definition) is 4. The lowest BCUT2D eigenvalue weighted by atomic mass is 9.21. The number of halogens is 3. The van der Waals surface area contributed by atoms with E-state index in [2.05, 4.69) is 15.3 Å². The third kappa shape index (κ3) is 4.88. The van der Waals surface area contributed by atoms with E-state index in [1.54, 1.807) is 17.3 Å². The van der Waals surface area contributed by atoms with Crippen molar-refractivity contribution in [3.63, 3.8) is 0 Å². The Labute approximate surface area is 233 Å². The van der Waals surface area contributed by atoms with E-state index in [9.17, 15) is 9.18 Å². The zero-order chi connectivity index (χ0) is 28.4. The van der Waals surface area contributed by atoms with E-state index >= 15 is 4.39 Å². The lowest BCUT2D eigenvalue weighted by molar-refractivity contribution is -0.0236. The van der Waals surface area contributed by atoms with E-state index in [0.717, 1.165) is 5.56 Å². The summed E-state index contributed by atoms with van der Waals surface area (Å²) in [6.45, 7) is 1.92. The molecule has 18 heteroatoms. The summed E-state index contributed by atoms with van der Waals surface area (Å²) in [6.07, 6.45) is 3.58. The van der Waals surface area contributed by atoms with Gasteiger partial charge in [-0.2, -0.15) is 0 Å². The summed E-state index contributed by atoms with van der Waals surface area (Å²) in [4.78, 5) is 24.6. The van der Waals surface area contributed by atoms with Gasteiger partial charge >= 0.3 is 0 Å². The summed E-state index contributed by atoms with van der Waals surface area (Å²) in [6, 6.07) is 3.95. The number of piperidine rings is 1. The Bertz CT molecular complexity index is 1220. The quantitative estimate of drug-likeness (QED) is 0.405. The Hall–Kier alpha value is -1.47. The fourth-order valence-electron chi connectivity index (χ4n) is 6.36. The molecule has 1 aliphatic rings. The van der Waals surface area contributed by atoms with Crippen molar-refractivity contribution in [2.45, 2.75) is 45.6 Å². The molecule has 2 aromatic rings. The van der Waals surface area contributed by atoms with Crippen LogP contribution in [0.4, 0.5) is 8.78 Å². The number of rotatable bonds is 5. The molecular formula is C19H31B10ClF2N4O. The number of carbonyl (C=O) groups is 1. The molecule has 1 unspecified atom stereocenters. The van der Waals surface area contributed by atoms with Gasteiger partial charge in [0.05, 0.1) is 5.02 Å². The fraction of sp³-hybridized carbons (Fsp3) is 0.421. The number of hydrogen-bond donors (Lipinski definition) is 1. The third-order valence-corrected chi connectivity index (χ3v) is 8.98. The van der Waals surface area contributed by atoms with Crippen LogP contribution >= 0.6 is 11.6 Å². The maximum absolute atomic E-state index is 17.9. The summed E-state index contributed by atoms with van der Waals surface area (Å²) in [5.74, 6) is -0.329. The number of carbonyl (C=O) groups excluding carboxylic acids is 1. The highest BCUT2D eigenvalue weighted by molar-refractivity contribution is 6.58. The average Bonchev–Trinajstić information content (AvgIpc) is 2.73. The van der Waals surface area contributed by atoms with Crippen molar-refractivity contribution >= 4 is 96.0 Å². The van der Waals surface area contributed by atoms with E-state index in [0.29, 0.717) is 5.82 Å². The van der Waals surface area contributed by atoms with Gasteiger partial charge in [0, 0.05) is 23.3 Å². The van der Waals surface area contributed by atoms with Crippen molar-refractivity contribution in [1.29, 1.82) is 0 Å². The molecular weight excluding hydrogens is 482 g/mol. The van der Waals surface area contributed by atoms with Gasteiger partial charge in [0.15, 0.2) is 0 Å². The summed E-state index contributed by atoms with van der Waals surface area (Å²) in [7, 11) is 18.9. The van der Waals surface area contributed by atoms with E-state index in [1.165, 1.54) is 18.2 Å². The minimum atomic E-state index is -1.77. The van der Waals surface area contributed by atoms with E-state index < -0.39 is 38.1 Å². The van der Waals surface area contributed by atoms with Crippen molar-refractivity contribution in [3.05, 3.63) is 58.4 Å². The predicted octanol–water partition coefficient (Wildman–Crippen LogP) is -7.06. The van der Waals surface area contributed by atoms with E-state index in [-0.39, 0.29) is 22.9 Å². The SMILES string of the molecule is BC(B)(NC(B)(B)C1(F)CC(B)(B)N(C(=O)c2ccc(F)c(Cl)c2)C(B)(B)C1(B)B)c1ncc(C)cn1. The summed E-state index contributed by atoms with van der Waals surface area (Å²) >= 11 is 6.00. The standard InChI is InChI=1S/C19H31B10ClF2N4O/c1-8-5-33-13(34-6-8)16(22,23)35-18(26,27)14(32)7-15(20,21)36(19(28,29)17(14,24)25)12(37)9-2-3-11(31)10(30)4-9/h2-6,35H,7,20-29H2,1H3. The lowest BCUT2D eigenvalue weighted by Gasteiger charge is -2.71. The molecule has 5 nitrogen and oxygen atoms in total. The molecule has 1 atom stereocenters. The number of nitrogens with zero attached hydrogens (tertiary/aromatic N) is 3. The molecule has 184 valence electrons. The Balaban J connectivity index is 2.07. The molecule has 1 aromatic carbocycles. The first-order valence-corrected chi connectivity index (χ1v) is 13.1. The highest BCUT2D eigenvalue weighted by Crippen LogP contribution is 2.58. The second kappa shape index (κ2) is 9.32. The molecule has 0 bridgehead atoms. The van der Waals surface area contributed by atoms with Gasteiger partial charge in [0.2, 0.25) is 0 Å². The molecule has 1 saturated heterocycles. The number of aromatic nitrogens is 2. The van der Waals surface area contributed by atoms with Gasteiger partial charge in [-0.05, 0) is 58.3 Å². The fourth-order valence-corrected chi connectivity index (χ4v) is 6.54. The maximum atomic E-state index is 17.9. The molecule has 0 aliphatic carbocycles. The minimum absolute atomic E-state index is 0.0714. The second-order valence-corrected chi connectivity index (χ2v) is 13.6. The molecule has 0 saturated carbocycles. The van der Waals surface area contributed by atoms with Gasteiger partial charge in [-0.15, -0.1) is 0 Å². The van der Waals surface area contributed by atoms with Crippen LogP contribution in [0.5, 0.6) is 0 Å². The van der Waals surface area contributed by atoms with Crippen LogP contribution < -0.4 is 5.32 Å². The number of nitrogens with one attached hydrogen (secondary N) is 1. The smallest absolute Gasteiger partial charge is 0.252 e. The van der Waals surface area contributed by atoms with Crippen LogP contribution in [0, 0.1) is 12.7 Å². The third-order valence-electron chi connectivity index (χ3n) is 8.69. The van der Waals surface area contributed by atoms with Crippen molar-refractivity contribution < 1.29 is 13.6 Å². The first-order chi connectivity index (χ1) is 16.6. The number of likely N-dealkylation sites (tertiary alicyclic amines) is 1. The lowest BCUT2D eigenvalue weighted by Crippen LogP contribution is -2.84. The highest BCUT2D eigenvalue weighted by atomic mass is 35.5. The minimum Gasteiger partial charge on any atom is -0.360 e. The van der Waals surface area contributed by atoms with Gasteiger partial charge in [0.25, 0.3) is 5.91 Å². The number of benzene rings is 1. The van der Waals surface area contributed by atoms with Crippen LogP contribution in [0.15, 0.2) is 30.6 Å². The van der Waals surface area contributed by atoms with Crippen molar-refractivity contribution in [3.8, 4) is 0 Å². The molecule has 0 radical (unpaired) electrons. The monoisotopic (exact) mass is 514 g/mol.